The van der Waals surface area contributed by atoms with E-state index in [0.717, 1.165) is 36.9 Å². The summed E-state index contributed by atoms with van der Waals surface area (Å²) in [6, 6.07) is 11.8. The Labute approximate surface area is 153 Å². The van der Waals surface area contributed by atoms with Gasteiger partial charge in [0.15, 0.2) is 5.65 Å². The first kappa shape index (κ1) is 16.8. The molecule has 2 aromatic heterocycles. The Balaban J connectivity index is 1.50. The fourth-order valence-corrected chi connectivity index (χ4v) is 4.45. The van der Waals surface area contributed by atoms with Gasteiger partial charge in [-0.25, -0.2) is 9.50 Å². The van der Waals surface area contributed by atoms with Crippen molar-refractivity contribution in [1.82, 2.24) is 14.6 Å². The van der Waals surface area contributed by atoms with Gasteiger partial charge >= 0.3 is 0 Å². The van der Waals surface area contributed by atoms with E-state index in [1.807, 2.05) is 41.0 Å². The zero-order chi connectivity index (χ0) is 18.1. The summed E-state index contributed by atoms with van der Waals surface area (Å²) in [5.74, 6) is 1.08. The molecule has 134 valence electrons. The number of nitrogens with two attached hydrogens (primary N) is 1. The molecule has 1 aliphatic rings. The van der Waals surface area contributed by atoms with Crippen molar-refractivity contribution in [3.05, 3.63) is 65.6 Å². The Hall–Kier alpha value is -2.69. The van der Waals surface area contributed by atoms with Crippen LogP contribution in [0.25, 0.3) is 5.65 Å². The SMILES string of the molecule is C[C@@H](c1ccccc1C(N)=O)C1CCC(c2ccnc3ccnn23)CC1. The van der Waals surface area contributed by atoms with Crippen molar-refractivity contribution >= 4 is 11.6 Å². The van der Waals surface area contributed by atoms with Crippen LogP contribution in [0.15, 0.2) is 48.8 Å². The molecule has 26 heavy (non-hydrogen) atoms. The topological polar surface area (TPSA) is 73.3 Å². The van der Waals surface area contributed by atoms with Crippen LogP contribution >= 0.6 is 0 Å². The lowest BCUT2D eigenvalue weighted by Crippen LogP contribution is -2.22. The van der Waals surface area contributed by atoms with Crippen LogP contribution in [0.5, 0.6) is 0 Å². The number of amides is 1. The number of aromatic nitrogens is 3. The van der Waals surface area contributed by atoms with Gasteiger partial charge in [0.1, 0.15) is 0 Å². The van der Waals surface area contributed by atoms with Crippen LogP contribution in [0.4, 0.5) is 0 Å². The van der Waals surface area contributed by atoms with Crippen molar-refractivity contribution in [1.29, 1.82) is 0 Å². The highest BCUT2D eigenvalue weighted by Gasteiger charge is 2.29. The average molecular weight is 348 g/mol. The maximum Gasteiger partial charge on any atom is 0.248 e. The number of fused-ring (bicyclic) bond motifs is 1. The third-order valence-corrected chi connectivity index (χ3v) is 5.93. The Morgan fingerprint density at radius 2 is 1.88 bits per heavy atom. The molecule has 3 aromatic rings. The van der Waals surface area contributed by atoms with E-state index in [1.165, 1.54) is 5.69 Å². The van der Waals surface area contributed by atoms with E-state index in [2.05, 4.69) is 23.1 Å². The van der Waals surface area contributed by atoms with Gasteiger partial charge in [0.05, 0.1) is 6.20 Å². The van der Waals surface area contributed by atoms with Crippen LogP contribution in [0.3, 0.4) is 0 Å². The summed E-state index contributed by atoms with van der Waals surface area (Å²) >= 11 is 0. The summed E-state index contributed by atoms with van der Waals surface area (Å²) in [4.78, 5) is 16.1. The number of nitrogens with zero attached hydrogens (tertiary/aromatic N) is 3. The summed E-state index contributed by atoms with van der Waals surface area (Å²) in [6.07, 6.45) is 8.23. The number of carbonyl (C=O) groups is 1. The highest BCUT2D eigenvalue weighted by atomic mass is 16.1. The average Bonchev–Trinajstić information content (AvgIpc) is 3.16. The van der Waals surface area contributed by atoms with E-state index in [4.69, 9.17) is 5.73 Å². The normalized spacial score (nSPS) is 21.6. The minimum absolute atomic E-state index is 0.334. The number of hydrogen-bond donors (Lipinski definition) is 1. The molecule has 1 saturated carbocycles. The Morgan fingerprint density at radius 1 is 1.12 bits per heavy atom. The lowest BCUT2D eigenvalue weighted by molar-refractivity contribution is 0.0998. The third kappa shape index (κ3) is 2.98. The molecular formula is C21H24N4O. The predicted octanol–water partition coefficient (Wildman–Crippen LogP) is 3.91. The molecule has 0 spiro atoms. The van der Waals surface area contributed by atoms with E-state index in [9.17, 15) is 4.79 Å². The molecule has 0 bridgehead atoms. The summed E-state index contributed by atoms with van der Waals surface area (Å²) < 4.78 is 1.97. The molecule has 0 saturated heterocycles. The molecule has 1 aliphatic carbocycles. The van der Waals surface area contributed by atoms with E-state index >= 15 is 0 Å². The molecule has 4 rings (SSSR count). The number of benzene rings is 1. The van der Waals surface area contributed by atoms with Gasteiger partial charge < -0.3 is 5.73 Å². The second-order valence-electron chi connectivity index (χ2n) is 7.32. The number of primary amides is 1. The van der Waals surface area contributed by atoms with Crippen molar-refractivity contribution in [3.63, 3.8) is 0 Å². The van der Waals surface area contributed by atoms with Crippen LogP contribution in [-0.2, 0) is 0 Å². The van der Waals surface area contributed by atoms with E-state index in [0.29, 0.717) is 23.3 Å². The summed E-state index contributed by atoms with van der Waals surface area (Å²) in [7, 11) is 0. The minimum Gasteiger partial charge on any atom is -0.366 e. The molecule has 0 aliphatic heterocycles. The third-order valence-electron chi connectivity index (χ3n) is 5.93. The van der Waals surface area contributed by atoms with Crippen molar-refractivity contribution < 1.29 is 4.79 Å². The van der Waals surface area contributed by atoms with Gasteiger partial charge in [-0.15, -0.1) is 0 Å². The molecule has 5 nitrogen and oxygen atoms in total. The highest BCUT2D eigenvalue weighted by Crippen LogP contribution is 2.42. The lowest BCUT2D eigenvalue weighted by atomic mass is 9.72. The maximum atomic E-state index is 11.8. The molecule has 1 amide bonds. The fraction of sp³-hybridized carbons (Fsp3) is 0.381. The zero-order valence-corrected chi connectivity index (χ0v) is 15.0. The van der Waals surface area contributed by atoms with Gasteiger partial charge in [-0.05, 0) is 55.2 Å². The first-order chi connectivity index (χ1) is 12.6. The second kappa shape index (κ2) is 6.90. The van der Waals surface area contributed by atoms with Crippen molar-refractivity contribution in [2.75, 3.05) is 0 Å². The first-order valence-electron chi connectivity index (χ1n) is 9.32. The molecule has 1 aromatic carbocycles. The summed E-state index contributed by atoms with van der Waals surface area (Å²) in [6.45, 7) is 2.23. The molecule has 5 heteroatoms. The highest BCUT2D eigenvalue weighted by molar-refractivity contribution is 5.94. The van der Waals surface area contributed by atoms with Crippen molar-refractivity contribution in [3.8, 4) is 0 Å². The number of hydrogen-bond acceptors (Lipinski definition) is 3. The van der Waals surface area contributed by atoms with Gasteiger partial charge in [-0.3, -0.25) is 4.79 Å². The fourth-order valence-electron chi connectivity index (χ4n) is 4.45. The van der Waals surface area contributed by atoms with Crippen LogP contribution in [-0.4, -0.2) is 20.5 Å². The van der Waals surface area contributed by atoms with Gasteiger partial charge in [-0.1, -0.05) is 25.1 Å². The van der Waals surface area contributed by atoms with Crippen LogP contribution in [0.2, 0.25) is 0 Å². The van der Waals surface area contributed by atoms with Crippen LogP contribution in [0, 0.1) is 5.92 Å². The van der Waals surface area contributed by atoms with Crippen LogP contribution < -0.4 is 5.73 Å². The van der Waals surface area contributed by atoms with E-state index in [-0.39, 0.29) is 5.91 Å². The minimum atomic E-state index is -0.334. The van der Waals surface area contributed by atoms with E-state index in [1.54, 1.807) is 6.20 Å². The molecule has 2 heterocycles. The molecule has 0 unspecified atom stereocenters. The monoisotopic (exact) mass is 348 g/mol. The summed E-state index contributed by atoms with van der Waals surface area (Å²) in [5.41, 5.74) is 9.48. The van der Waals surface area contributed by atoms with Gasteiger partial charge in [0, 0.05) is 29.4 Å². The number of rotatable bonds is 4. The molecule has 2 N–H and O–H groups in total. The summed E-state index contributed by atoms with van der Waals surface area (Å²) in [5, 5.41) is 4.43. The zero-order valence-electron chi connectivity index (χ0n) is 15.0. The van der Waals surface area contributed by atoms with Gasteiger partial charge in [0.2, 0.25) is 5.91 Å². The lowest BCUT2D eigenvalue weighted by Gasteiger charge is -2.33. The largest absolute Gasteiger partial charge is 0.366 e. The Bertz CT molecular complexity index is 924. The molecule has 0 radical (unpaired) electrons. The van der Waals surface area contributed by atoms with Gasteiger partial charge in [-0.2, -0.15) is 5.10 Å². The number of carbonyl (C=O) groups excluding carboxylic acids is 1. The molecule has 1 atom stereocenters. The Kier molecular flexibility index (Phi) is 4.45. The maximum absolute atomic E-state index is 11.8. The van der Waals surface area contributed by atoms with Crippen molar-refractivity contribution in [2.24, 2.45) is 11.7 Å². The van der Waals surface area contributed by atoms with Crippen molar-refractivity contribution in [2.45, 2.75) is 44.4 Å². The van der Waals surface area contributed by atoms with E-state index < -0.39 is 0 Å². The standard InChI is InChI=1S/C21H24N4O/c1-14(17-4-2-3-5-18(17)21(22)26)15-6-8-16(9-7-15)19-10-12-23-20-11-13-24-25(19)20/h2-5,10-16H,6-9H2,1H3,(H2,22,26)/t14-,15?,16?/m1/s1. The second-order valence-corrected chi connectivity index (χ2v) is 7.32. The Morgan fingerprint density at radius 3 is 2.65 bits per heavy atom. The smallest absolute Gasteiger partial charge is 0.248 e. The van der Waals surface area contributed by atoms with Gasteiger partial charge in [0.25, 0.3) is 0 Å². The molecular weight excluding hydrogens is 324 g/mol. The quantitative estimate of drug-likeness (QED) is 0.777. The first-order valence-corrected chi connectivity index (χ1v) is 9.32. The molecule has 1 fully saturated rings. The van der Waals surface area contributed by atoms with Crippen LogP contribution in [0.1, 0.15) is 66.1 Å². The predicted molar refractivity (Wildman–Crippen MR) is 101 cm³/mol.